The van der Waals surface area contributed by atoms with E-state index in [4.69, 9.17) is 5.73 Å². The Morgan fingerprint density at radius 3 is 2.57 bits per heavy atom. The lowest BCUT2D eigenvalue weighted by molar-refractivity contribution is -0.137. The summed E-state index contributed by atoms with van der Waals surface area (Å²) in [7, 11) is 0. The van der Waals surface area contributed by atoms with E-state index in [1.165, 1.54) is 11.8 Å². The molecule has 0 aliphatic carbocycles. The SMILES string of the molecule is CSCC[C@H](N)C(=O)Nc1cc(C(F)(F)F)ccc1F.Cl. The van der Waals surface area contributed by atoms with Gasteiger partial charge in [0.2, 0.25) is 5.91 Å². The van der Waals surface area contributed by atoms with Gasteiger partial charge in [-0.3, -0.25) is 4.79 Å². The van der Waals surface area contributed by atoms with Crippen molar-refractivity contribution in [1.29, 1.82) is 0 Å². The summed E-state index contributed by atoms with van der Waals surface area (Å²) in [6.45, 7) is 0. The van der Waals surface area contributed by atoms with Crippen molar-refractivity contribution in [2.24, 2.45) is 5.73 Å². The molecule has 1 amide bonds. The van der Waals surface area contributed by atoms with Gasteiger partial charge in [-0.1, -0.05) is 0 Å². The van der Waals surface area contributed by atoms with Gasteiger partial charge < -0.3 is 11.1 Å². The Balaban J connectivity index is 0.00000400. The second-order valence-electron chi connectivity index (χ2n) is 4.07. The number of anilines is 1. The minimum atomic E-state index is -4.60. The number of halogens is 5. The molecule has 1 atom stereocenters. The minimum Gasteiger partial charge on any atom is -0.322 e. The minimum absolute atomic E-state index is 0. The number of alkyl halides is 3. The van der Waals surface area contributed by atoms with E-state index in [9.17, 15) is 22.4 Å². The maximum absolute atomic E-state index is 13.4. The molecular formula is C12H15ClF4N2OS. The molecule has 0 aliphatic heterocycles. The van der Waals surface area contributed by atoms with Crippen LogP contribution < -0.4 is 11.1 Å². The summed E-state index contributed by atoms with van der Waals surface area (Å²) in [5.41, 5.74) is 4.00. The molecule has 0 unspecified atom stereocenters. The van der Waals surface area contributed by atoms with Crippen LogP contribution in [0.15, 0.2) is 18.2 Å². The molecule has 0 bridgehead atoms. The fourth-order valence-electron chi connectivity index (χ4n) is 1.40. The maximum atomic E-state index is 13.4. The molecule has 0 saturated carbocycles. The number of nitrogens with two attached hydrogens (primary N) is 1. The second-order valence-corrected chi connectivity index (χ2v) is 5.06. The van der Waals surface area contributed by atoms with Crippen LogP contribution in [-0.2, 0) is 11.0 Å². The summed E-state index contributed by atoms with van der Waals surface area (Å²) < 4.78 is 50.9. The van der Waals surface area contributed by atoms with Crippen LogP contribution in [0.2, 0.25) is 0 Å². The number of nitrogens with one attached hydrogen (secondary N) is 1. The molecule has 1 aromatic rings. The Morgan fingerprint density at radius 1 is 1.43 bits per heavy atom. The van der Waals surface area contributed by atoms with Gasteiger partial charge in [-0.05, 0) is 36.6 Å². The molecule has 0 aliphatic rings. The van der Waals surface area contributed by atoms with Crippen LogP contribution in [0.5, 0.6) is 0 Å². The summed E-state index contributed by atoms with van der Waals surface area (Å²) in [5.74, 6) is -1.03. The van der Waals surface area contributed by atoms with E-state index in [1.54, 1.807) is 0 Å². The van der Waals surface area contributed by atoms with E-state index >= 15 is 0 Å². The largest absolute Gasteiger partial charge is 0.416 e. The monoisotopic (exact) mass is 346 g/mol. The van der Waals surface area contributed by atoms with Crippen molar-refractivity contribution in [3.05, 3.63) is 29.6 Å². The molecule has 0 radical (unpaired) electrons. The van der Waals surface area contributed by atoms with Crippen molar-refractivity contribution in [2.75, 3.05) is 17.3 Å². The predicted molar refractivity (Wildman–Crippen MR) is 78.3 cm³/mol. The third kappa shape index (κ3) is 6.11. The Labute approximate surface area is 130 Å². The number of hydrogen-bond acceptors (Lipinski definition) is 3. The van der Waals surface area contributed by atoms with Gasteiger partial charge in [-0.2, -0.15) is 24.9 Å². The number of carbonyl (C=O) groups is 1. The summed E-state index contributed by atoms with van der Waals surface area (Å²) in [4.78, 5) is 11.6. The average molecular weight is 347 g/mol. The zero-order chi connectivity index (χ0) is 15.3. The molecule has 1 rings (SSSR count). The third-order valence-corrected chi connectivity index (χ3v) is 3.17. The molecule has 0 spiro atoms. The van der Waals surface area contributed by atoms with E-state index < -0.39 is 35.2 Å². The second kappa shape index (κ2) is 8.45. The van der Waals surface area contributed by atoms with Gasteiger partial charge in [0.25, 0.3) is 0 Å². The van der Waals surface area contributed by atoms with Gasteiger partial charge in [0.1, 0.15) is 5.82 Å². The van der Waals surface area contributed by atoms with Crippen LogP contribution in [0.1, 0.15) is 12.0 Å². The molecule has 3 N–H and O–H groups in total. The van der Waals surface area contributed by atoms with Gasteiger partial charge in [-0.25, -0.2) is 4.39 Å². The van der Waals surface area contributed by atoms with E-state index in [2.05, 4.69) is 5.32 Å². The lowest BCUT2D eigenvalue weighted by atomic mass is 10.1. The number of hydrogen-bond donors (Lipinski definition) is 2. The van der Waals surface area contributed by atoms with Crippen molar-refractivity contribution >= 4 is 35.8 Å². The van der Waals surface area contributed by atoms with Crippen LogP contribution in [-0.4, -0.2) is 24.0 Å². The molecule has 0 saturated heterocycles. The van der Waals surface area contributed by atoms with E-state index in [1.807, 2.05) is 6.26 Å². The van der Waals surface area contributed by atoms with Crippen molar-refractivity contribution < 1.29 is 22.4 Å². The van der Waals surface area contributed by atoms with Crippen molar-refractivity contribution in [1.82, 2.24) is 0 Å². The number of thioether (sulfide) groups is 1. The Kier molecular flexibility index (Phi) is 8.05. The maximum Gasteiger partial charge on any atom is 0.416 e. The van der Waals surface area contributed by atoms with E-state index in [0.29, 0.717) is 30.4 Å². The first kappa shape index (κ1) is 20.0. The Hall–Kier alpha value is -0.990. The molecule has 0 fully saturated rings. The lowest BCUT2D eigenvalue weighted by Crippen LogP contribution is -2.36. The highest BCUT2D eigenvalue weighted by Gasteiger charge is 2.31. The highest BCUT2D eigenvalue weighted by molar-refractivity contribution is 7.98. The lowest BCUT2D eigenvalue weighted by Gasteiger charge is -2.14. The molecule has 0 heterocycles. The standard InChI is InChI=1S/C12H14F4N2OS.ClH/c1-20-5-4-9(17)11(19)18-10-6-7(12(14,15)16)2-3-8(10)13;/h2-3,6,9H,4-5,17H2,1H3,(H,18,19);1H/t9-;/m0./s1. The molecule has 3 nitrogen and oxygen atoms in total. The number of rotatable bonds is 5. The smallest absolute Gasteiger partial charge is 0.322 e. The topological polar surface area (TPSA) is 55.1 Å². The highest BCUT2D eigenvalue weighted by atomic mass is 35.5. The van der Waals surface area contributed by atoms with Crippen molar-refractivity contribution in [3.8, 4) is 0 Å². The zero-order valence-corrected chi connectivity index (χ0v) is 12.7. The molecule has 1 aromatic carbocycles. The van der Waals surface area contributed by atoms with Gasteiger partial charge in [0, 0.05) is 0 Å². The van der Waals surface area contributed by atoms with Crippen molar-refractivity contribution in [2.45, 2.75) is 18.6 Å². The van der Waals surface area contributed by atoms with E-state index in [0.717, 1.165) is 0 Å². The van der Waals surface area contributed by atoms with Gasteiger partial charge in [-0.15, -0.1) is 12.4 Å². The zero-order valence-electron chi connectivity index (χ0n) is 11.0. The molecule has 120 valence electrons. The summed E-state index contributed by atoms with van der Waals surface area (Å²) in [6, 6.07) is 0.926. The summed E-state index contributed by atoms with van der Waals surface area (Å²) in [5, 5.41) is 2.08. The third-order valence-electron chi connectivity index (χ3n) is 2.52. The predicted octanol–water partition coefficient (Wildman–Crippen LogP) is 3.29. The fraction of sp³-hybridized carbons (Fsp3) is 0.417. The van der Waals surface area contributed by atoms with Crippen LogP contribution in [0.4, 0.5) is 23.2 Å². The van der Waals surface area contributed by atoms with Crippen LogP contribution in [0.3, 0.4) is 0 Å². The number of amides is 1. The van der Waals surface area contributed by atoms with Gasteiger partial charge >= 0.3 is 6.18 Å². The Bertz CT molecular complexity index is 485. The average Bonchev–Trinajstić information content (AvgIpc) is 2.37. The van der Waals surface area contributed by atoms with Crippen LogP contribution >= 0.6 is 24.2 Å². The number of carbonyl (C=O) groups excluding carboxylic acids is 1. The quantitative estimate of drug-likeness (QED) is 0.804. The van der Waals surface area contributed by atoms with Gasteiger partial charge in [0.15, 0.2) is 0 Å². The van der Waals surface area contributed by atoms with E-state index in [-0.39, 0.29) is 12.4 Å². The van der Waals surface area contributed by atoms with Crippen molar-refractivity contribution in [3.63, 3.8) is 0 Å². The summed E-state index contributed by atoms with van der Waals surface area (Å²) in [6.07, 6.45) is -2.42. The first-order valence-corrected chi connectivity index (χ1v) is 7.07. The first-order valence-electron chi connectivity index (χ1n) is 5.68. The normalized spacial score (nSPS) is 12.5. The first-order chi connectivity index (χ1) is 9.25. The number of benzene rings is 1. The highest BCUT2D eigenvalue weighted by Crippen LogP contribution is 2.31. The van der Waals surface area contributed by atoms with Crippen LogP contribution in [0.25, 0.3) is 0 Å². The molecule has 9 heteroatoms. The molecule has 0 aromatic heterocycles. The van der Waals surface area contributed by atoms with Gasteiger partial charge in [0.05, 0.1) is 17.3 Å². The van der Waals surface area contributed by atoms with Crippen LogP contribution in [0, 0.1) is 5.82 Å². The molecular weight excluding hydrogens is 332 g/mol. The Morgan fingerprint density at radius 2 is 2.05 bits per heavy atom. The fourth-order valence-corrected chi connectivity index (χ4v) is 1.89. The molecule has 21 heavy (non-hydrogen) atoms. The summed E-state index contributed by atoms with van der Waals surface area (Å²) >= 11 is 1.48.